The molecule has 2 aliphatic rings. The van der Waals surface area contributed by atoms with Gasteiger partial charge in [-0.15, -0.1) is 0 Å². The molecule has 1 nitrogen and oxygen atoms in total. The van der Waals surface area contributed by atoms with E-state index in [1.165, 1.54) is 44.9 Å². The van der Waals surface area contributed by atoms with Gasteiger partial charge in [0, 0.05) is 12.1 Å². The molecular formula is C13H27NSi. The van der Waals surface area contributed by atoms with E-state index in [-0.39, 0.29) is 0 Å². The highest BCUT2D eigenvalue weighted by molar-refractivity contribution is 6.58. The number of hydrogen-bond donors (Lipinski definition) is 0. The lowest BCUT2D eigenvalue weighted by Gasteiger charge is -2.46. The Morgan fingerprint density at radius 1 is 1.13 bits per heavy atom. The summed E-state index contributed by atoms with van der Waals surface area (Å²) in [5, 5.41) is 0. The second-order valence-corrected chi connectivity index (χ2v) is 8.64. The summed E-state index contributed by atoms with van der Waals surface area (Å²) in [7, 11) is -0.431. The lowest BCUT2D eigenvalue weighted by Crippen LogP contribution is -2.54. The molecule has 2 fully saturated rings. The molecule has 0 bridgehead atoms. The lowest BCUT2D eigenvalue weighted by molar-refractivity contribution is 0.198. The van der Waals surface area contributed by atoms with Crippen LogP contribution in [-0.2, 0) is 0 Å². The van der Waals surface area contributed by atoms with Crippen LogP contribution in [0.5, 0.6) is 0 Å². The molecule has 0 N–H and O–H groups in total. The molecule has 1 heterocycles. The van der Waals surface area contributed by atoms with E-state index in [9.17, 15) is 0 Å². The van der Waals surface area contributed by atoms with Gasteiger partial charge in [-0.1, -0.05) is 39.5 Å². The van der Waals surface area contributed by atoms with E-state index in [4.69, 9.17) is 0 Å². The molecular weight excluding hydrogens is 198 g/mol. The van der Waals surface area contributed by atoms with Crippen LogP contribution in [0.25, 0.3) is 0 Å². The molecule has 1 saturated carbocycles. The van der Waals surface area contributed by atoms with Crippen molar-refractivity contribution in [3.05, 3.63) is 0 Å². The largest absolute Gasteiger partial charge is 0.321 e. The molecule has 15 heavy (non-hydrogen) atoms. The van der Waals surface area contributed by atoms with E-state index in [1.807, 2.05) is 0 Å². The Morgan fingerprint density at radius 3 is 2.27 bits per heavy atom. The van der Waals surface area contributed by atoms with E-state index >= 15 is 0 Å². The molecule has 0 spiro atoms. The van der Waals surface area contributed by atoms with Crippen LogP contribution < -0.4 is 0 Å². The first kappa shape index (κ1) is 11.7. The highest BCUT2D eigenvalue weighted by Gasteiger charge is 2.34. The van der Waals surface area contributed by atoms with Crippen molar-refractivity contribution in [1.29, 1.82) is 0 Å². The third-order valence-corrected chi connectivity index (χ3v) is 8.52. The van der Waals surface area contributed by atoms with Gasteiger partial charge in [0.05, 0.1) is 0 Å². The minimum absolute atomic E-state index is 0.431. The van der Waals surface area contributed by atoms with Crippen molar-refractivity contribution in [3.63, 3.8) is 0 Å². The Bertz CT molecular complexity index is 180. The van der Waals surface area contributed by atoms with Crippen molar-refractivity contribution in [2.24, 2.45) is 0 Å². The van der Waals surface area contributed by atoms with Crippen molar-refractivity contribution < 1.29 is 0 Å². The summed E-state index contributed by atoms with van der Waals surface area (Å²) in [6.45, 7) is 4.84. The van der Waals surface area contributed by atoms with E-state index in [2.05, 4.69) is 18.4 Å². The average molecular weight is 225 g/mol. The molecule has 1 atom stereocenters. The quantitative estimate of drug-likeness (QED) is 0.662. The molecule has 88 valence electrons. The molecule has 0 radical (unpaired) electrons. The highest BCUT2D eigenvalue weighted by Crippen LogP contribution is 2.32. The fourth-order valence-corrected chi connectivity index (χ4v) is 6.49. The number of hydrogen-bond acceptors (Lipinski definition) is 1. The van der Waals surface area contributed by atoms with Gasteiger partial charge >= 0.3 is 0 Å². The van der Waals surface area contributed by atoms with Gasteiger partial charge in [0.25, 0.3) is 0 Å². The predicted octanol–water partition coefficient (Wildman–Crippen LogP) is 3.55. The van der Waals surface area contributed by atoms with Crippen molar-refractivity contribution in [2.45, 2.75) is 83.0 Å². The maximum Gasteiger partial charge on any atom is 0.112 e. The maximum absolute atomic E-state index is 3.03. The van der Waals surface area contributed by atoms with E-state index < -0.39 is 8.96 Å². The van der Waals surface area contributed by atoms with Crippen LogP contribution in [0.2, 0.25) is 12.1 Å². The minimum atomic E-state index is -0.431. The molecule has 1 saturated heterocycles. The summed E-state index contributed by atoms with van der Waals surface area (Å²) in [6, 6.07) is 5.09. The molecule has 2 heteroatoms. The molecule has 2 rings (SSSR count). The lowest BCUT2D eigenvalue weighted by atomic mass is 9.95. The number of rotatable bonds is 4. The van der Waals surface area contributed by atoms with Crippen LogP contribution in [0.3, 0.4) is 0 Å². The van der Waals surface area contributed by atoms with Crippen molar-refractivity contribution in [1.82, 2.24) is 4.57 Å². The predicted molar refractivity (Wildman–Crippen MR) is 69.8 cm³/mol. The zero-order valence-corrected chi connectivity index (χ0v) is 11.7. The zero-order chi connectivity index (χ0) is 10.7. The summed E-state index contributed by atoms with van der Waals surface area (Å²) >= 11 is 0. The number of nitrogens with zero attached hydrogens (tertiary/aromatic N) is 1. The van der Waals surface area contributed by atoms with Crippen LogP contribution >= 0.6 is 0 Å². The molecule has 0 aromatic heterocycles. The Labute approximate surface area is 96.9 Å². The maximum atomic E-state index is 3.03. The first-order chi connectivity index (χ1) is 7.33. The van der Waals surface area contributed by atoms with Gasteiger partial charge in [-0.05, 0) is 31.4 Å². The molecule has 0 amide bonds. The van der Waals surface area contributed by atoms with Crippen molar-refractivity contribution in [3.8, 4) is 0 Å². The van der Waals surface area contributed by atoms with Crippen LogP contribution in [0.15, 0.2) is 0 Å². The topological polar surface area (TPSA) is 3.24 Å². The summed E-state index contributed by atoms with van der Waals surface area (Å²) in [5.41, 5.74) is 0. The van der Waals surface area contributed by atoms with E-state index in [1.54, 1.807) is 12.1 Å². The van der Waals surface area contributed by atoms with Gasteiger partial charge in [-0.25, -0.2) is 0 Å². The highest BCUT2D eigenvalue weighted by atomic mass is 28.3. The van der Waals surface area contributed by atoms with E-state index in [0.29, 0.717) is 0 Å². The molecule has 1 unspecified atom stereocenters. The van der Waals surface area contributed by atoms with Crippen LogP contribution in [-0.4, -0.2) is 25.6 Å². The Balaban J connectivity index is 1.95. The Kier molecular flexibility index (Phi) is 4.27. The smallest absolute Gasteiger partial charge is 0.112 e. The Morgan fingerprint density at radius 2 is 1.80 bits per heavy atom. The monoisotopic (exact) mass is 225 g/mol. The van der Waals surface area contributed by atoms with Crippen LogP contribution in [0, 0.1) is 0 Å². The summed E-state index contributed by atoms with van der Waals surface area (Å²) in [5.74, 6) is 0. The molecule has 0 aromatic carbocycles. The summed E-state index contributed by atoms with van der Waals surface area (Å²) < 4.78 is 3.03. The van der Waals surface area contributed by atoms with Gasteiger partial charge in [0.15, 0.2) is 0 Å². The Hall–Kier alpha value is 0.177. The SMILES string of the molecule is CCC(C)N(C1CCCCC1)[SiH]1CCC1. The second kappa shape index (κ2) is 5.49. The molecule has 1 aliphatic heterocycles. The van der Waals surface area contributed by atoms with Crippen molar-refractivity contribution in [2.75, 3.05) is 0 Å². The second-order valence-electron chi connectivity index (χ2n) is 5.58. The minimum Gasteiger partial charge on any atom is -0.321 e. The first-order valence-electron chi connectivity index (χ1n) is 7.10. The fraction of sp³-hybridized carbons (Fsp3) is 1.00. The van der Waals surface area contributed by atoms with Gasteiger partial charge in [0.1, 0.15) is 8.96 Å². The summed E-state index contributed by atoms with van der Waals surface area (Å²) in [6.07, 6.45) is 10.4. The zero-order valence-electron chi connectivity index (χ0n) is 10.5. The first-order valence-corrected chi connectivity index (χ1v) is 9.25. The van der Waals surface area contributed by atoms with Crippen LogP contribution in [0.1, 0.15) is 58.8 Å². The fourth-order valence-electron chi connectivity index (χ4n) is 3.29. The van der Waals surface area contributed by atoms with Gasteiger partial charge in [0.2, 0.25) is 0 Å². The molecule has 0 aromatic rings. The average Bonchev–Trinajstić information content (AvgIpc) is 2.23. The standard InChI is InChI=1S/C13H27NSi/c1-3-12(2)14(15-10-7-11-15)13-8-5-4-6-9-13/h12-13,15H,3-11H2,1-2H3. The normalized spacial score (nSPS) is 26.6. The van der Waals surface area contributed by atoms with Gasteiger partial charge in [-0.2, -0.15) is 0 Å². The van der Waals surface area contributed by atoms with Crippen LogP contribution in [0.4, 0.5) is 0 Å². The van der Waals surface area contributed by atoms with Gasteiger partial charge < -0.3 is 4.57 Å². The molecule has 1 aliphatic carbocycles. The van der Waals surface area contributed by atoms with E-state index in [0.717, 1.165) is 12.1 Å². The third-order valence-electron chi connectivity index (χ3n) is 4.59. The summed E-state index contributed by atoms with van der Waals surface area (Å²) in [4.78, 5) is 0. The van der Waals surface area contributed by atoms with Gasteiger partial charge in [-0.3, -0.25) is 0 Å². The van der Waals surface area contributed by atoms with Crippen molar-refractivity contribution >= 4 is 8.96 Å². The third kappa shape index (κ3) is 2.65.